The molecule has 7 heteroatoms. The van der Waals surface area contributed by atoms with Crippen molar-refractivity contribution in [3.8, 4) is 17.0 Å². The minimum Gasteiger partial charge on any atom is -0.495 e. The number of aryl methyl sites for hydroxylation is 1. The highest BCUT2D eigenvalue weighted by Crippen LogP contribution is 2.31. The maximum absolute atomic E-state index is 12.0. The Morgan fingerprint density at radius 3 is 3.00 bits per heavy atom. The molecule has 2 aromatic heterocycles. The Balaban J connectivity index is 1.62. The number of thiazole rings is 1. The summed E-state index contributed by atoms with van der Waals surface area (Å²) in [6, 6.07) is 9.11. The second-order valence-corrected chi connectivity index (χ2v) is 6.28. The van der Waals surface area contributed by atoms with Crippen molar-refractivity contribution in [2.75, 3.05) is 12.4 Å². The number of nitrogens with zero attached hydrogens (tertiary/aromatic N) is 1. The lowest BCUT2D eigenvalue weighted by Crippen LogP contribution is -2.11. The second kappa shape index (κ2) is 7.51. The molecule has 1 aromatic carbocycles. The number of hydrogen-bond acceptors (Lipinski definition) is 5. The molecule has 0 spiro atoms. The van der Waals surface area contributed by atoms with E-state index in [1.165, 1.54) is 11.3 Å². The zero-order chi connectivity index (χ0) is 16.9. The van der Waals surface area contributed by atoms with Gasteiger partial charge >= 0.3 is 0 Å². The topological polar surface area (TPSA) is 64.4 Å². The van der Waals surface area contributed by atoms with Gasteiger partial charge in [0.2, 0.25) is 5.91 Å². The van der Waals surface area contributed by atoms with E-state index in [1.54, 1.807) is 31.6 Å². The summed E-state index contributed by atoms with van der Waals surface area (Å²) < 4.78 is 10.3. The normalized spacial score (nSPS) is 10.6. The molecule has 2 heterocycles. The molecule has 0 aliphatic heterocycles. The van der Waals surface area contributed by atoms with Crippen molar-refractivity contribution in [3.05, 3.63) is 52.8 Å². The van der Waals surface area contributed by atoms with Gasteiger partial charge in [-0.3, -0.25) is 4.79 Å². The van der Waals surface area contributed by atoms with Crippen molar-refractivity contribution >= 4 is 34.0 Å². The number of benzene rings is 1. The lowest BCUT2D eigenvalue weighted by Gasteiger charge is -2.04. The van der Waals surface area contributed by atoms with Crippen LogP contribution in [0.5, 0.6) is 5.75 Å². The molecular weight excluding hydrogens is 348 g/mol. The van der Waals surface area contributed by atoms with Crippen LogP contribution in [-0.4, -0.2) is 18.0 Å². The number of anilines is 1. The molecule has 0 atom stereocenters. The van der Waals surface area contributed by atoms with Gasteiger partial charge in [-0.15, -0.1) is 11.3 Å². The second-order valence-electron chi connectivity index (χ2n) is 5.01. The molecule has 0 fully saturated rings. The van der Waals surface area contributed by atoms with Crippen LogP contribution in [0.4, 0.5) is 5.13 Å². The summed E-state index contributed by atoms with van der Waals surface area (Å²) in [5.41, 5.74) is 1.62. The maximum atomic E-state index is 12.0. The van der Waals surface area contributed by atoms with Crippen LogP contribution in [-0.2, 0) is 11.2 Å². The minimum atomic E-state index is -0.0972. The number of furan rings is 1. The number of aromatic nitrogens is 1. The van der Waals surface area contributed by atoms with Gasteiger partial charge in [0.1, 0.15) is 11.5 Å². The average molecular weight is 363 g/mol. The van der Waals surface area contributed by atoms with Crippen molar-refractivity contribution in [2.45, 2.75) is 12.8 Å². The Hall–Kier alpha value is -2.31. The molecule has 0 aliphatic carbocycles. The number of methoxy groups -OCH3 is 1. The van der Waals surface area contributed by atoms with Crippen LogP contribution >= 0.6 is 22.9 Å². The van der Waals surface area contributed by atoms with Gasteiger partial charge in [0.15, 0.2) is 5.13 Å². The van der Waals surface area contributed by atoms with E-state index >= 15 is 0 Å². The summed E-state index contributed by atoms with van der Waals surface area (Å²) in [6.45, 7) is 0. The number of amides is 1. The Morgan fingerprint density at radius 1 is 1.42 bits per heavy atom. The summed E-state index contributed by atoms with van der Waals surface area (Å²) >= 11 is 7.50. The number of carbonyl (C=O) groups excluding carboxylic acids is 1. The highest BCUT2D eigenvalue weighted by Gasteiger charge is 2.10. The van der Waals surface area contributed by atoms with Crippen molar-refractivity contribution in [1.82, 2.24) is 4.98 Å². The lowest BCUT2D eigenvalue weighted by molar-refractivity contribution is -0.116. The molecule has 1 N–H and O–H groups in total. The molecule has 1 amide bonds. The first-order valence-electron chi connectivity index (χ1n) is 7.27. The fraction of sp³-hybridized carbons (Fsp3) is 0.176. The lowest BCUT2D eigenvalue weighted by atomic mass is 10.2. The summed E-state index contributed by atoms with van der Waals surface area (Å²) in [5, 5.41) is 5.75. The molecule has 24 heavy (non-hydrogen) atoms. The SMILES string of the molecule is COc1ccc(-c2csc(NC(=O)CCc3ccco3)n2)cc1Cl. The van der Waals surface area contributed by atoms with Gasteiger partial charge in [0, 0.05) is 23.8 Å². The zero-order valence-electron chi connectivity index (χ0n) is 12.9. The predicted octanol–water partition coefficient (Wildman–Crippen LogP) is 4.64. The third-order valence-electron chi connectivity index (χ3n) is 3.38. The van der Waals surface area contributed by atoms with Gasteiger partial charge in [0.05, 0.1) is 24.1 Å². The number of hydrogen-bond donors (Lipinski definition) is 1. The van der Waals surface area contributed by atoms with E-state index in [0.29, 0.717) is 28.7 Å². The third kappa shape index (κ3) is 3.96. The standard InChI is InChI=1S/C17H15ClN2O3S/c1-22-15-6-4-11(9-13(15)18)14-10-24-17(19-14)20-16(21)7-5-12-3-2-8-23-12/h2-4,6,8-10H,5,7H2,1H3,(H,19,20,21). The first kappa shape index (κ1) is 16.5. The monoisotopic (exact) mass is 362 g/mol. The highest BCUT2D eigenvalue weighted by atomic mass is 35.5. The molecule has 3 rings (SSSR count). The van der Waals surface area contributed by atoms with Gasteiger partial charge in [0.25, 0.3) is 0 Å². The molecule has 0 unspecified atom stereocenters. The minimum absolute atomic E-state index is 0.0972. The predicted molar refractivity (Wildman–Crippen MR) is 94.8 cm³/mol. The van der Waals surface area contributed by atoms with Crippen LogP contribution in [0.3, 0.4) is 0 Å². The molecule has 124 valence electrons. The average Bonchev–Trinajstić information content (AvgIpc) is 3.24. The van der Waals surface area contributed by atoms with Crippen molar-refractivity contribution in [2.24, 2.45) is 0 Å². The van der Waals surface area contributed by atoms with Gasteiger partial charge < -0.3 is 14.5 Å². The fourth-order valence-electron chi connectivity index (χ4n) is 2.16. The number of carbonyl (C=O) groups is 1. The van der Waals surface area contributed by atoms with Crippen LogP contribution in [0.2, 0.25) is 5.02 Å². The number of rotatable bonds is 6. The van der Waals surface area contributed by atoms with Gasteiger partial charge in [-0.1, -0.05) is 11.6 Å². The van der Waals surface area contributed by atoms with Crippen LogP contribution in [0, 0.1) is 0 Å². The smallest absolute Gasteiger partial charge is 0.226 e. The van der Waals surface area contributed by atoms with Gasteiger partial charge in [-0.25, -0.2) is 4.98 Å². The van der Waals surface area contributed by atoms with Crippen LogP contribution < -0.4 is 10.1 Å². The first-order valence-corrected chi connectivity index (χ1v) is 8.53. The van der Waals surface area contributed by atoms with Crippen LogP contribution in [0.15, 0.2) is 46.4 Å². The molecule has 0 aliphatic rings. The Bertz CT molecular complexity index is 830. The number of halogens is 1. The molecule has 0 radical (unpaired) electrons. The van der Waals surface area contributed by atoms with Crippen molar-refractivity contribution in [3.63, 3.8) is 0 Å². The van der Waals surface area contributed by atoms with E-state index in [2.05, 4.69) is 10.3 Å². The summed E-state index contributed by atoms with van der Waals surface area (Å²) in [4.78, 5) is 16.4. The molecule has 5 nitrogen and oxygen atoms in total. The van der Waals surface area contributed by atoms with E-state index in [4.69, 9.17) is 20.8 Å². The van der Waals surface area contributed by atoms with E-state index < -0.39 is 0 Å². The third-order valence-corrected chi connectivity index (χ3v) is 4.43. The van der Waals surface area contributed by atoms with E-state index in [9.17, 15) is 4.79 Å². The summed E-state index contributed by atoms with van der Waals surface area (Å²) in [6.07, 6.45) is 2.50. The molecule has 0 saturated heterocycles. The van der Waals surface area contributed by atoms with Crippen LogP contribution in [0.1, 0.15) is 12.2 Å². The van der Waals surface area contributed by atoms with Gasteiger partial charge in [-0.2, -0.15) is 0 Å². The zero-order valence-corrected chi connectivity index (χ0v) is 14.5. The number of ether oxygens (including phenoxy) is 1. The van der Waals surface area contributed by atoms with Crippen molar-refractivity contribution in [1.29, 1.82) is 0 Å². The summed E-state index contributed by atoms with van der Waals surface area (Å²) in [5.74, 6) is 1.31. The molecular formula is C17H15ClN2O3S. The Labute approximate surface area is 148 Å². The van der Waals surface area contributed by atoms with E-state index in [-0.39, 0.29) is 5.91 Å². The van der Waals surface area contributed by atoms with Gasteiger partial charge in [-0.05, 0) is 30.3 Å². The van der Waals surface area contributed by atoms with E-state index in [0.717, 1.165) is 17.0 Å². The quantitative estimate of drug-likeness (QED) is 0.694. The van der Waals surface area contributed by atoms with E-state index in [1.807, 2.05) is 17.5 Å². The molecule has 3 aromatic rings. The van der Waals surface area contributed by atoms with Crippen LogP contribution in [0.25, 0.3) is 11.3 Å². The largest absolute Gasteiger partial charge is 0.495 e. The first-order chi connectivity index (χ1) is 11.7. The number of nitrogens with one attached hydrogen (secondary N) is 1. The Morgan fingerprint density at radius 2 is 2.29 bits per heavy atom. The molecule has 0 bridgehead atoms. The summed E-state index contributed by atoms with van der Waals surface area (Å²) in [7, 11) is 1.57. The van der Waals surface area contributed by atoms with Crippen molar-refractivity contribution < 1.29 is 13.9 Å². The molecule has 0 saturated carbocycles. The fourth-order valence-corrected chi connectivity index (χ4v) is 3.16. The highest BCUT2D eigenvalue weighted by molar-refractivity contribution is 7.14. The maximum Gasteiger partial charge on any atom is 0.226 e. The Kier molecular flexibility index (Phi) is 5.17.